The van der Waals surface area contributed by atoms with E-state index in [1.54, 1.807) is 62.6 Å². The van der Waals surface area contributed by atoms with E-state index in [9.17, 15) is 18.0 Å². The number of para-hydroxylation sites is 2. The molecule has 0 saturated heterocycles. The molecule has 9 nitrogen and oxygen atoms in total. The molecule has 0 aromatic heterocycles. The Morgan fingerprint density at radius 2 is 1.56 bits per heavy atom. The summed E-state index contributed by atoms with van der Waals surface area (Å²) in [6, 6.07) is 19.5. The topological polar surface area (TPSA) is 105 Å². The molecule has 0 saturated carbocycles. The SMILES string of the molecule is CCOc1ccccc1N(CC(=O)N(Cc1ccc(OC)cc1)[C@@H](CC)C(=O)N[C@@H](C)CC)S(=O)(=O)c1ccc(C)cc1. The zero-order valence-electron chi connectivity index (χ0n) is 25.9. The Balaban J connectivity index is 2.10. The first-order valence-electron chi connectivity index (χ1n) is 14.6. The van der Waals surface area contributed by atoms with Gasteiger partial charge < -0.3 is 19.7 Å². The van der Waals surface area contributed by atoms with Crippen LogP contribution in [0.4, 0.5) is 5.69 Å². The Bertz CT molecular complexity index is 1460. The molecular weight excluding hydrogens is 566 g/mol. The van der Waals surface area contributed by atoms with E-state index in [2.05, 4.69) is 5.32 Å². The van der Waals surface area contributed by atoms with Gasteiger partial charge in [-0.3, -0.25) is 13.9 Å². The normalized spacial score (nSPS) is 12.6. The van der Waals surface area contributed by atoms with Crippen LogP contribution < -0.4 is 19.1 Å². The number of benzene rings is 3. The number of methoxy groups -OCH3 is 1. The molecule has 232 valence electrons. The van der Waals surface area contributed by atoms with Crippen molar-refractivity contribution in [2.75, 3.05) is 24.6 Å². The van der Waals surface area contributed by atoms with Crippen LogP contribution in [0.5, 0.6) is 11.5 Å². The first-order valence-corrected chi connectivity index (χ1v) is 16.0. The second kappa shape index (κ2) is 15.4. The van der Waals surface area contributed by atoms with Gasteiger partial charge in [0, 0.05) is 12.6 Å². The summed E-state index contributed by atoms with van der Waals surface area (Å²) < 4.78 is 40.4. The third-order valence-corrected chi connectivity index (χ3v) is 8.99. The maximum Gasteiger partial charge on any atom is 0.264 e. The highest BCUT2D eigenvalue weighted by atomic mass is 32.2. The van der Waals surface area contributed by atoms with Crippen LogP contribution in [0.15, 0.2) is 77.7 Å². The molecule has 0 aliphatic carbocycles. The van der Waals surface area contributed by atoms with Gasteiger partial charge >= 0.3 is 0 Å². The zero-order chi connectivity index (χ0) is 31.6. The van der Waals surface area contributed by atoms with Gasteiger partial charge in [0.1, 0.15) is 24.1 Å². The van der Waals surface area contributed by atoms with E-state index < -0.39 is 28.5 Å². The van der Waals surface area contributed by atoms with Crippen molar-refractivity contribution >= 4 is 27.5 Å². The maximum absolute atomic E-state index is 14.3. The average molecular weight is 610 g/mol. The van der Waals surface area contributed by atoms with Crippen LogP contribution in [0.2, 0.25) is 0 Å². The Morgan fingerprint density at radius 3 is 2.14 bits per heavy atom. The fourth-order valence-corrected chi connectivity index (χ4v) is 6.00. The van der Waals surface area contributed by atoms with Crippen molar-refractivity contribution in [2.45, 2.75) is 71.0 Å². The second-order valence-electron chi connectivity index (χ2n) is 10.3. The molecule has 3 aromatic carbocycles. The highest BCUT2D eigenvalue weighted by Crippen LogP contribution is 2.33. The van der Waals surface area contributed by atoms with E-state index in [0.717, 1.165) is 21.9 Å². The highest BCUT2D eigenvalue weighted by molar-refractivity contribution is 7.92. The molecule has 2 amide bonds. The summed E-state index contributed by atoms with van der Waals surface area (Å²) in [5, 5.41) is 2.99. The van der Waals surface area contributed by atoms with E-state index in [0.29, 0.717) is 24.5 Å². The number of carbonyl (C=O) groups excluding carboxylic acids is 2. The molecular formula is C33H43N3O6S. The number of nitrogens with zero attached hydrogens (tertiary/aromatic N) is 2. The van der Waals surface area contributed by atoms with E-state index in [4.69, 9.17) is 9.47 Å². The molecule has 0 fully saturated rings. The Labute approximate surface area is 255 Å². The minimum atomic E-state index is -4.21. The number of anilines is 1. The summed E-state index contributed by atoms with van der Waals surface area (Å²) >= 11 is 0. The number of nitrogens with one attached hydrogen (secondary N) is 1. The molecule has 0 bridgehead atoms. The molecule has 2 atom stereocenters. The van der Waals surface area contributed by atoms with Gasteiger partial charge in [0.25, 0.3) is 10.0 Å². The number of rotatable bonds is 15. The molecule has 0 spiro atoms. The van der Waals surface area contributed by atoms with E-state index >= 15 is 0 Å². The minimum Gasteiger partial charge on any atom is -0.497 e. The lowest BCUT2D eigenvalue weighted by Crippen LogP contribution is -2.53. The first-order chi connectivity index (χ1) is 20.5. The van der Waals surface area contributed by atoms with Crippen molar-refractivity contribution in [1.82, 2.24) is 10.2 Å². The predicted octanol–water partition coefficient (Wildman–Crippen LogP) is 5.32. The van der Waals surface area contributed by atoms with Crippen molar-refractivity contribution in [2.24, 2.45) is 0 Å². The number of hydrogen-bond donors (Lipinski definition) is 1. The van der Waals surface area contributed by atoms with Gasteiger partial charge in [-0.1, -0.05) is 55.8 Å². The maximum atomic E-state index is 14.3. The number of sulfonamides is 1. The van der Waals surface area contributed by atoms with Gasteiger partial charge in [0.05, 0.1) is 24.3 Å². The highest BCUT2D eigenvalue weighted by Gasteiger charge is 2.35. The van der Waals surface area contributed by atoms with Crippen LogP contribution in [0, 0.1) is 6.92 Å². The number of carbonyl (C=O) groups is 2. The molecule has 10 heteroatoms. The molecule has 3 rings (SSSR count). The predicted molar refractivity (Wildman–Crippen MR) is 169 cm³/mol. The Kier molecular flexibility index (Phi) is 12.0. The average Bonchev–Trinajstić information content (AvgIpc) is 3.00. The first kappa shape index (κ1) is 33.5. The van der Waals surface area contributed by atoms with Gasteiger partial charge in [-0.25, -0.2) is 8.42 Å². The van der Waals surface area contributed by atoms with Crippen LogP contribution in [0.3, 0.4) is 0 Å². The zero-order valence-corrected chi connectivity index (χ0v) is 26.7. The third kappa shape index (κ3) is 8.50. The van der Waals surface area contributed by atoms with Crippen LogP contribution in [-0.2, 0) is 26.2 Å². The number of ether oxygens (including phenoxy) is 2. The van der Waals surface area contributed by atoms with Crippen molar-refractivity contribution < 1.29 is 27.5 Å². The molecule has 0 unspecified atom stereocenters. The molecule has 0 radical (unpaired) electrons. The van der Waals surface area contributed by atoms with Crippen molar-refractivity contribution in [3.05, 3.63) is 83.9 Å². The smallest absolute Gasteiger partial charge is 0.264 e. The van der Waals surface area contributed by atoms with Gasteiger partial charge in [-0.05, 0) is 75.6 Å². The van der Waals surface area contributed by atoms with Gasteiger partial charge in [0.2, 0.25) is 11.8 Å². The summed E-state index contributed by atoms with van der Waals surface area (Å²) in [5.41, 5.74) is 1.91. The summed E-state index contributed by atoms with van der Waals surface area (Å²) in [5.74, 6) is 0.174. The molecule has 43 heavy (non-hydrogen) atoms. The van der Waals surface area contributed by atoms with Crippen LogP contribution in [0.1, 0.15) is 51.7 Å². The van der Waals surface area contributed by atoms with E-state index in [1.807, 2.05) is 39.8 Å². The van der Waals surface area contributed by atoms with Crippen molar-refractivity contribution in [3.63, 3.8) is 0 Å². The number of amides is 2. The fourth-order valence-electron chi connectivity index (χ4n) is 4.58. The summed E-state index contributed by atoms with van der Waals surface area (Å²) in [7, 11) is -2.64. The monoisotopic (exact) mass is 609 g/mol. The minimum absolute atomic E-state index is 0.0421. The van der Waals surface area contributed by atoms with Gasteiger partial charge in [0.15, 0.2) is 0 Å². The molecule has 0 aliphatic heterocycles. The fraction of sp³-hybridized carbons (Fsp3) is 0.394. The van der Waals surface area contributed by atoms with Crippen LogP contribution in [-0.4, -0.2) is 57.5 Å². The van der Waals surface area contributed by atoms with E-state index in [-0.39, 0.29) is 29.1 Å². The van der Waals surface area contributed by atoms with Crippen molar-refractivity contribution in [3.8, 4) is 11.5 Å². The van der Waals surface area contributed by atoms with Crippen LogP contribution in [0.25, 0.3) is 0 Å². The van der Waals surface area contributed by atoms with Gasteiger partial charge in [-0.2, -0.15) is 0 Å². The Hall–Kier alpha value is -4.05. The number of aryl methyl sites for hydroxylation is 1. The van der Waals surface area contributed by atoms with E-state index in [1.165, 1.54) is 17.0 Å². The molecule has 3 aromatic rings. The summed E-state index contributed by atoms with van der Waals surface area (Å²) in [6.07, 6.45) is 1.07. The lowest BCUT2D eigenvalue weighted by atomic mass is 10.1. The summed E-state index contributed by atoms with van der Waals surface area (Å²) in [6.45, 7) is 9.25. The lowest BCUT2D eigenvalue weighted by molar-refractivity contribution is -0.140. The Morgan fingerprint density at radius 1 is 0.907 bits per heavy atom. The molecule has 0 heterocycles. The van der Waals surface area contributed by atoms with Gasteiger partial charge in [-0.15, -0.1) is 0 Å². The third-order valence-electron chi connectivity index (χ3n) is 7.22. The molecule has 1 N–H and O–H groups in total. The molecule has 0 aliphatic rings. The quantitative estimate of drug-likeness (QED) is 0.250. The standard InChI is InChI=1S/C33H43N3O6S/c1-7-25(5)34-33(38)29(8-2)35(22-26-16-18-27(41-6)19-17-26)32(37)23-36(30-12-10-11-13-31(30)42-9-3)43(39,40)28-20-14-24(4)15-21-28/h10-21,25,29H,7-9,22-23H2,1-6H3,(H,34,38)/t25-,29-/m0/s1. The largest absolute Gasteiger partial charge is 0.497 e. The number of hydrogen-bond acceptors (Lipinski definition) is 6. The van der Waals surface area contributed by atoms with Crippen LogP contribution >= 0.6 is 0 Å². The summed E-state index contributed by atoms with van der Waals surface area (Å²) in [4.78, 5) is 29.2. The lowest BCUT2D eigenvalue weighted by Gasteiger charge is -2.34. The second-order valence-corrected chi connectivity index (χ2v) is 12.2. The van der Waals surface area contributed by atoms with Crippen molar-refractivity contribution in [1.29, 1.82) is 0 Å².